The molecule has 9 rings (SSSR count). The lowest BCUT2D eigenvalue weighted by Crippen LogP contribution is -2.16. The molecule has 2 heteroatoms. The van der Waals surface area contributed by atoms with Gasteiger partial charge in [-0.2, -0.15) is 0 Å². The number of nitrogens with zero attached hydrogens (tertiary/aromatic N) is 2. The zero-order valence-corrected chi connectivity index (χ0v) is 25.1. The van der Waals surface area contributed by atoms with Crippen molar-refractivity contribution in [3.63, 3.8) is 0 Å². The Morgan fingerprint density at radius 1 is 0.395 bits per heavy atom. The van der Waals surface area contributed by atoms with E-state index in [9.17, 15) is 0 Å². The van der Waals surface area contributed by atoms with Gasteiger partial charge < -0.3 is 9.13 Å². The Labute approximate surface area is 252 Å². The topological polar surface area (TPSA) is 9.86 Å². The molecule has 2 nitrogen and oxygen atoms in total. The van der Waals surface area contributed by atoms with Gasteiger partial charge in [0, 0.05) is 38.3 Å². The summed E-state index contributed by atoms with van der Waals surface area (Å²) in [7, 11) is 0. The molecule has 0 bridgehead atoms. The van der Waals surface area contributed by atoms with E-state index >= 15 is 0 Å². The molecule has 208 valence electrons. The van der Waals surface area contributed by atoms with Crippen molar-refractivity contribution < 1.29 is 0 Å². The normalized spacial score (nSPS) is 13.3. The molecule has 1 aliphatic rings. The summed E-state index contributed by atoms with van der Waals surface area (Å²) in [4.78, 5) is 0. The van der Waals surface area contributed by atoms with Crippen LogP contribution in [0.4, 0.5) is 0 Å². The number of benzene rings is 6. The minimum atomic E-state index is -0.131. The second kappa shape index (κ2) is 9.47. The molecule has 0 saturated carbocycles. The fourth-order valence-electron chi connectivity index (χ4n) is 7.39. The van der Waals surface area contributed by atoms with E-state index in [1.165, 1.54) is 77.2 Å². The maximum absolute atomic E-state index is 2.42. The molecule has 0 aliphatic heterocycles. The van der Waals surface area contributed by atoms with E-state index in [0.29, 0.717) is 0 Å². The fraction of sp³-hybridized carbons (Fsp3) is 0.122. The molecule has 0 atom stereocenters. The van der Waals surface area contributed by atoms with Crippen molar-refractivity contribution in [1.82, 2.24) is 9.13 Å². The predicted molar refractivity (Wildman–Crippen MR) is 184 cm³/mol. The van der Waals surface area contributed by atoms with Gasteiger partial charge in [0.05, 0.1) is 22.1 Å². The minimum absolute atomic E-state index is 0.131. The van der Waals surface area contributed by atoms with Crippen LogP contribution in [0.15, 0.2) is 133 Å². The standard InChI is InChI=1S/C39H28N2.C2H6/c1-39(2)33-23-25(40-35-15-7-3-11-29(35)30-12-4-8-16-36(30)40)19-21-27(33)28-22-20-26(24-34(28)39)41-37-17-9-5-13-31(37)32-14-6-10-18-38(32)41;1-2/h3-24H,1-2H3;1-2H3. The van der Waals surface area contributed by atoms with E-state index in [4.69, 9.17) is 0 Å². The first-order valence-electron chi connectivity index (χ1n) is 15.4. The van der Waals surface area contributed by atoms with Gasteiger partial charge in [0.2, 0.25) is 0 Å². The van der Waals surface area contributed by atoms with E-state index in [1.807, 2.05) is 13.8 Å². The summed E-state index contributed by atoms with van der Waals surface area (Å²) < 4.78 is 4.85. The van der Waals surface area contributed by atoms with Crippen LogP contribution >= 0.6 is 0 Å². The van der Waals surface area contributed by atoms with E-state index in [1.54, 1.807) is 0 Å². The van der Waals surface area contributed by atoms with Crippen molar-refractivity contribution >= 4 is 43.6 Å². The first-order valence-corrected chi connectivity index (χ1v) is 15.4. The van der Waals surface area contributed by atoms with Crippen LogP contribution in [-0.4, -0.2) is 9.13 Å². The van der Waals surface area contributed by atoms with Gasteiger partial charge in [-0.05, 0) is 70.8 Å². The Morgan fingerprint density at radius 2 is 0.698 bits per heavy atom. The predicted octanol–water partition coefficient (Wildman–Crippen LogP) is 11.2. The van der Waals surface area contributed by atoms with Gasteiger partial charge in [-0.3, -0.25) is 0 Å². The van der Waals surface area contributed by atoms with Gasteiger partial charge in [0.15, 0.2) is 0 Å². The fourth-order valence-corrected chi connectivity index (χ4v) is 7.39. The lowest BCUT2D eigenvalue weighted by molar-refractivity contribution is 0.659. The number of hydrogen-bond acceptors (Lipinski definition) is 0. The maximum Gasteiger partial charge on any atom is 0.0541 e. The summed E-state index contributed by atoms with van der Waals surface area (Å²) in [6.07, 6.45) is 0. The van der Waals surface area contributed by atoms with Gasteiger partial charge in [-0.25, -0.2) is 0 Å². The number of rotatable bonds is 2. The molecule has 0 unspecified atom stereocenters. The van der Waals surface area contributed by atoms with Crippen LogP contribution in [0.25, 0.3) is 66.1 Å². The van der Waals surface area contributed by atoms with Crippen molar-refractivity contribution in [2.75, 3.05) is 0 Å². The average molecular weight is 555 g/mol. The Balaban J connectivity index is 0.00000136. The number of para-hydroxylation sites is 4. The lowest BCUT2D eigenvalue weighted by Gasteiger charge is -2.23. The van der Waals surface area contributed by atoms with Crippen molar-refractivity contribution in [1.29, 1.82) is 0 Å². The molecule has 2 aromatic heterocycles. The average Bonchev–Trinajstić information content (AvgIpc) is 3.65. The molecule has 43 heavy (non-hydrogen) atoms. The second-order valence-corrected chi connectivity index (χ2v) is 11.8. The SMILES string of the molecule is CC.CC1(C)c2cc(-n3c4ccccc4c4ccccc43)ccc2-c2ccc(-n3c4ccccc4c4ccccc43)cc21. The third-order valence-electron chi connectivity index (χ3n) is 9.32. The van der Waals surface area contributed by atoms with Crippen LogP contribution in [0.1, 0.15) is 38.8 Å². The summed E-state index contributed by atoms with van der Waals surface area (Å²) in [5.41, 5.74) is 12.7. The molecule has 0 fully saturated rings. The minimum Gasteiger partial charge on any atom is -0.309 e. The maximum atomic E-state index is 2.42. The van der Waals surface area contributed by atoms with Crippen LogP contribution in [0.2, 0.25) is 0 Å². The van der Waals surface area contributed by atoms with E-state index in [-0.39, 0.29) is 5.41 Å². The van der Waals surface area contributed by atoms with Crippen LogP contribution in [-0.2, 0) is 5.41 Å². The van der Waals surface area contributed by atoms with Gasteiger partial charge >= 0.3 is 0 Å². The van der Waals surface area contributed by atoms with E-state index in [2.05, 4.69) is 156 Å². The van der Waals surface area contributed by atoms with Crippen molar-refractivity contribution in [2.24, 2.45) is 0 Å². The quantitative estimate of drug-likeness (QED) is 0.201. The molecular weight excluding hydrogens is 520 g/mol. The summed E-state index contributed by atoms with van der Waals surface area (Å²) in [6, 6.07) is 49.1. The highest BCUT2D eigenvalue weighted by Gasteiger charge is 2.36. The molecule has 2 heterocycles. The van der Waals surface area contributed by atoms with Gasteiger partial charge in [-0.1, -0.05) is 113 Å². The Bertz CT molecular complexity index is 2070. The Morgan fingerprint density at radius 3 is 1.02 bits per heavy atom. The first-order chi connectivity index (χ1) is 21.1. The van der Waals surface area contributed by atoms with Crippen molar-refractivity contribution in [3.05, 3.63) is 145 Å². The third-order valence-corrected chi connectivity index (χ3v) is 9.32. The molecule has 8 aromatic rings. The molecule has 0 saturated heterocycles. The Hall–Kier alpha value is -5.08. The summed E-state index contributed by atoms with van der Waals surface area (Å²) >= 11 is 0. The van der Waals surface area contributed by atoms with Crippen molar-refractivity contribution in [3.8, 4) is 22.5 Å². The second-order valence-electron chi connectivity index (χ2n) is 11.8. The van der Waals surface area contributed by atoms with Crippen LogP contribution in [0.3, 0.4) is 0 Å². The van der Waals surface area contributed by atoms with Gasteiger partial charge in [0.25, 0.3) is 0 Å². The summed E-state index contributed by atoms with van der Waals surface area (Å²) in [5, 5.41) is 5.17. The molecule has 1 aliphatic carbocycles. The smallest absolute Gasteiger partial charge is 0.0541 e. The Kier molecular flexibility index (Phi) is 5.64. The molecule has 0 amide bonds. The van der Waals surface area contributed by atoms with E-state index in [0.717, 1.165) is 0 Å². The van der Waals surface area contributed by atoms with Crippen LogP contribution in [0, 0.1) is 0 Å². The van der Waals surface area contributed by atoms with Gasteiger partial charge in [0.1, 0.15) is 0 Å². The summed E-state index contributed by atoms with van der Waals surface area (Å²) in [6.45, 7) is 8.76. The molecule has 6 aromatic carbocycles. The molecule has 0 spiro atoms. The molecular formula is C41H34N2. The van der Waals surface area contributed by atoms with Crippen molar-refractivity contribution in [2.45, 2.75) is 33.1 Å². The van der Waals surface area contributed by atoms with E-state index < -0.39 is 0 Å². The number of fused-ring (bicyclic) bond motifs is 9. The third kappa shape index (κ3) is 3.53. The zero-order chi connectivity index (χ0) is 29.3. The summed E-state index contributed by atoms with van der Waals surface area (Å²) in [5.74, 6) is 0. The number of aromatic nitrogens is 2. The van der Waals surface area contributed by atoms with Crippen LogP contribution < -0.4 is 0 Å². The molecule has 0 N–H and O–H groups in total. The lowest BCUT2D eigenvalue weighted by atomic mass is 9.82. The number of hydrogen-bond donors (Lipinski definition) is 0. The highest BCUT2D eigenvalue weighted by Crippen LogP contribution is 2.50. The van der Waals surface area contributed by atoms with Crippen LogP contribution in [0.5, 0.6) is 0 Å². The zero-order valence-electron chi connectivity index (χ0n) is 25.1. The largest absolute Gasteiger partial charge is 0.309 e. The van der Waals surface area contributed by atoms with Gasteiger partial charge in [-0.15, -0.1) is 0 Å². The monoisotopic (exact) mass is 554 g/mol. The highest BCUT2D eigenvalue weighted by molar-refractivity contribution is 6.10. The molecule has 0 radical (unpaired) electrons. The first kappa shape index (κ1) is 25.6. The highest BCUT2D eigenvalue weighted by atomic mass is 15.0.